The maximum absolute atomic E-state index is 13.8. The number of allylic oxidation sites excluding steroid dienone is 1. The first-order chi connectivity index (χ1) is 24.8. The molecule has 3 aromatic rings. The Bertz CT molecular complexity index is 1610. The van der Waals surface area contributed by atoms with E-state index < -0.39 is 17.9 Å². The first kappa shape index (κ1) is 40.1. The number of nitrogens with one attached hydrogen (secondary N) is 2. The van der Waals surface area contributed by atoms with Crippen LogP contribution in [-0.2, 0) is 25.5 Å². The number of aryl methyl sites for hydroxylation is 1. The van der Waals surface area contributed by atoms with Gasteiger partial charge in [0.15, 0.2) is 5.16 Å². The Morgan fingerprint density at radius 1 is 0.804 bits per heavy atom. The Balaban J connectivity index is 1.57. The maximum Gasteiger partial charge on any atom is 0.336 e. The molecule has 1 aliphatic rings. The molecule has 0 radical (unpaired) electrons. The van der Waals surface area contributed by atoms with Crippen LogP contribution in [0, 0.1) is 0 Å². The Morgan fingerprint density at radius 3 is 2.02 bits per heavy atom. The molecule has 1 aromatic heterocycles. The molecule has 0 amide bonds. The molecular weight excluding hydrogens is 659 g/mol. The summed E-state index contributed by atoms with van der Waals surface area (Å²) >= 11 is 1.48. The average Bonchev–Trinajstić information content (AvgIpc) is 3.55. The van der Waals surface area contributed by atoms with Gasteiger partial charge in [-0.05, 0) is 57.4 Å². The molecule has 0 saturated heterocycles. The standard InChI is InChI=1S/C42H59N3O5S/c1-7-8-9-10-11-12-13-14-15-16-17-18-19-23-31-24-22-27-35(50-29(2)3)37(31)39-36(40(46)48-5)30(4)43-34(38(39)41(47)49-6)28-51-42-44-32-25-20-21-26-33(32)45-42/h20-22,24-27,29,39,43H,7-19,23,28H2,1-6H3,(H,44,45). The minimum Gasteiger partial charge on any atom is -0.491 e. The second kappa shape index (κ2) is 21.0. The average molecular weight is 718 g/mol. The molecule has 0 bridgehead atoms. The van der Waals surface area contributed by atoms with Gasteiger partial charge in [-0.2, -0.15) is 0 Å². The fraction of sp³-hybridized carbons (Fsp3) is 0.548. The van der Waals surface area contributed by atoms with Crippen molar-refractivity contribution in [2.45, 2.75) is 135 Å². The maximum atomic E-state index is 13.8. The number of dihydropyridines is 1. The molecule has 278 valence electrons. The van der Waals surface area contributed by atoms with Crippen molar-refractivity contribution >= 4 is 34.7 Å². The van der Waals surface area contributed by atoms with Crippen molar-refractivity contribution in [2.75, 3.05) is 20.0 Å². The number of H-pyrrole nitrogens is 1. The smallest absolute Gasteiger partial charge is 0.336 e. The zero-order valence-corrected chi connectivity index (χ0v) is 32.5. The van der Waals surface area contributed by atoms with Crippen LogP contribution >= 0.6 is 11.8 Å². The minimum atomic E-state index is -0.746. The Labute approximate surface area is 309 Å². The van der Waals surface area contributed by atoms with Gasteiger partial charge in [0, 0.05) is 22.7 Å². The van der Waals surface area contributed by atoms with Crippen molar-refractivity contribution in [3.63, 3.8) is 0 Å². The van der Waals surface area contributed by atoms with Crippen molar-refractivity contribution in [3.8, 4) is 5.75 Å². The number of benzene rings is 2. The number of thioether (sulfide) groups is 1. The molecule has 51 heavy (non-hydrogen) atoms. The fourth-order valence-electron chi connectivity index (χ4n) is 6.99. The number of ether oxygens (including phenoxy) is 3. The third-order valence-corrected chi connectivity index (χ3v) is 10.4. The predicted octanol–water partition coefficient (Wildman–Crippen LogP) is 10.3. The molecular formula is C42H59N3O5S. The summed E-state index contributed by atoms with van der Waals surface area (Å²) in [6, 6.07) is 13.9. The molecule has 0 spiro atoms. The van der Waals surface area contributed by atoms with Gasteiger partial charge in [-0.3, -0.25) is 0 Å². The van der Waals surface area contributed by atoms with E-state index in [1.165, 1.54) is 96.6 Å². The van der Waals surface area contributed by atoms with E-state index in [2.05, 4.69) is 23.3 Å². The number of hydrogen-bond donors (Lipinski definition) is 2. The lowest BCUT2D eigenvalue weighted by Crippen LogP contribution is -2.34. The van der Waals surface area contributed by atoms with Crippen molar-refractivity contribution in [1.29, 1.82) is 0 Å². The highest BCUT2D eigenvalue weighted by Gasteiger charge is 2.41. The number of carbonyl (C=O) groups is 2. The summed E-state index contributed by atoms with van der Waals surface area (Å²) in [4.78, 5) is 35.5. The van der Waals surface area contributed by atoms with Crippen LogP contribution in [0.4, 0.5) is 0 Å². The number of esters is 2. The summed E-state index contributed by atoms with van der Waals surface area (Å²) < 4.78 is 17.2. The second-order valence-electron chi connectivity index (χ2n) is 13.8. The number of rotatable bonds is 22. The summed E-state index contributed by atoms with van der Waals surface area (Å²) in [5, 5.41) is 4.11. The van der Waals surface area contributed by atoms with Gasteiger partial charge in [-0.25, -0.2) is 14.6 Å². The Kier molecular flexibility index (Phi) is 16.5. The summed E-state index contributed by atoms with van der Waals surface area (Å²) in [6.45, 7) is 8.10. The van der Waals surface area contributed by atoms with E-state index in [1.807, 2.05) is 57.2 Å². The van der Waals surface area contributed by atoms with Crippen LogP contribution in [0.2, 0.25) is 0 Å². The van der Waals surface area contributed by atoms with Crippen molar-refractivity contribution < 1.29 is 23.8 Å². The van der Waals surface area contributed by atoms with Gasteiger partial charge in [-0.15, -0.1) is 0 Å². The zero-order chi connectivity index (χ0) is 36.6. The lowest BCUT2D eigenvalue weighted by Gasteiger charge is -2.33. The molecule has 0 fully saturated rings. The second-order valence-corrected chi connectivity index (χ2v) is 14.8. The number of aromatic amines is 1. The van der Waals surface area contributed by atoms with Crippen LogP contribution in [0.3, 0.4) is 0 Å². The molecule has 4 rings (SSSR count). The SMILES string of the molecule is CCCCCCCCCCCCCCCc1cccc(OC(C)C)c1C1C(C(=O)OC)=C(C)NC(CSc2nc3ccccc3[nH]2)=C1C(=O)OC. The molecule has 1 aliphatic heterocycles. The highest BCUT2D eigenvalue weighted by molar-refractivity contribution is 7.99. The zero-order valence-electron chi connectivity index (χ0n) is 31.7. The quantitative estimate of drug-likeness (QED) is 0.0602. The van der Waals surface area contributed by atoms with E-state index in [4.69, 9.17) is 19.2 Å². The van der Waals surface area contributed by atoms with E-state index in [1.54, 1.807) is 0 Å². The van der Waals surface area contributed by atoms with Gasteiger partial charge in [0.1, 0.15) is 5.75 Å². The van der Waals surface area contributed by atoms with Gasteiger partial charge in [0.25, 0.3) is 0 Å². The normalized spacial score (nSPS) is 14.7. The summed E-state index contributed by atoms with van der Waals surface area (Å²) in [5.74, 6) is -0.698. The van der Waals surface area contributed by atoms with Crippen LogP contribution in [-0.4, -0.2) is 48.0 Å². The number of carbonyl (C=O) groups excluding carboxylic acids is 2. The number of hydrogen-bond acceptors (Lipinski definition) is 8. The molecule has 0 saturated carbocycles. The Hall–Kier alpha value is -3.72. The number of nitrogens with zero attached hydrogens (tertiary/aromatic N) is 1. The number of imidazole rings is 1. The van der Waals surface area contributed by atoms with Crippen LogP contribution in [0.1, 0.15) is 128 Å². The first-order valence-electron chi connectivity index (χ1n) is 19.0. The summed E-state index contributed by atoms with van der Waals surface area (Å²) in [6.07, 6.45) is 17.4. The molecule has 1 unspecified atom stereocenters. The fourth-order valence-corrected chi connectivity index (χ4v) is 7.85. The third-order valence-electron chi connectivity index (χ3n) is 9.53. The van der Waals surface area contributed by atoms with Gasteiger partial charge in [-0.1, -0.05) is 120 Å². The number of methoxy groups -OCH3 is 2. The van der Waals surface area contributed by atoms with Crippen LogP contribution in [0.25, 0.3) is 11.0 Å². The third kappa shape index (κ3) is 11.4. The lowest BCUT2D eigenvalue weighted by molar-refractivity contribution is -0.137. The largest absolute Gasteiger partial charge is 0.491 e. The van der Waals surface area contributed by atoms with Gasteiger partial charge < -0.3 is 24.5 Å². The van der Waals surface area contributed by atoms with Gasteiger partial charge in [0.05, 0.1) is 48.4 Å². The van der Waals surface area contributed by atoms with Crippen molar-refractivity contribution in [1.82, 2.24) is 15.3 Å². The van der Waals surface area contributed by atoms with Crippen LogP contribution < -0.4 is 10.1 Å². The minimum absolute atomic E-state index is 0.114. The Morgan fingerprint density at radius 2 is 1.41 bits per heavy atom. The van der Waals surface area contributed by atoms with E-state index >= 15 is 0 Å². The molecule has 2 aromatic carbocycles. The highest BCUT2D eigenvalue weighted by atomic mass is 32.2. The van der Waals surface area contributed by atoms with E-state index in [0.717, 1.165) is 46.6 Å². The van der Waals surface area contributed by atoms with E-state index in [9.17, 15) is 9.59 Å². The summed E-state index contributed by atoms with van der Waals surface area (Å²) in [5.41, 5.74) is 5.73. The molecule has 0 aliphatic carbocycles. The molecule has 2 N–H and O–H groups in total. The van der Waals surface area contributed by atoms with Crippen LogP contribution in [0.5, 0.6) is 5.75 Å². The molecule has 1 atom stereocenters. The monoisotopic (exact) mass is 717 g/mol. The van der Waals surface area contributed by atoms with Crippen LogP contribution in [0.15, 0.2) is 70.2 Å². The van der Waals surface area contributed by atoms with Gasteiger partial charge >= 0.3 is 11.9 Å². The summed E-state index contributed by atoms with van der Waals surface area (Å²) in [7, 11) is 2.75. The topological polar surface area (TPSA) is 103 Å². The highest BCUT2D eigenvalue weighted by Crippen LogP contribution is 2.45. The lowest BCUT2D eigenvalue weighted by atomic mass is 9.77. The molecule has 8 nitrogen and oxygen atoms in total. The first-order valence-corrected chi connectivity index (χ1v) is 20.0. The predicted molar refractivity (Wildman–Crippen MR) is 208 cm³/mol. The van der Waals surface area contributed by atoms with E-state index in [-0.39, 0.29) is 6.10 Å². The number of unbranched alkanes of at least 4 members (excludes halogenated alkanes) is 12. The van der Waals surface area contributed by atoms with Crippen molar-refractivity contribution in [2.24, 2.45) is 0 Å². The number of fused-ring (bicyclic) bond motifs is 1. The number of aromatic nitrogens is 2. The molecule has 2 heterocycles. The molecule has 9 heteroatoms. The van der Waals surface area contributed by atoms with E-state index in [0.29, 0.717) is 34.0 Å². The number of para-hydroxylation sites is 2. The van der Waals surface area contributed by atoms with Gasteiger partial charge in [0.2, 0.25) is 0 Å². The van der Waals surface area contributed by atoms with Crippen molar-refractivity contribution in [3.05, 3.63) is 76.1 Å².